The Morgan fingerprint density at radius 1 is 1.18 bits per heavy atom. The van der Waals surface area contributed by atoms with Crippen molar-refractivity contribution in [1.29, 1.82) is 0 Å². The highest BCUT2D eigenvalue weighted by Gasteiger charge is 2.65. The molecule has 3 rings (SSSR count). The summed E-state index contributed by atoms with van der Waals surface area (Å²) in [5.74, 6) is -0.220. The zero-order valence-electron chi connectivity index (χ0n) is 19.3. The summed E-state index contributed by atoms with van der Waals surface area (Å²) in [5, 5.41) is 2.68. The van der Waals surface area contributed by atoms with Gasteiger partial charge in [-0.25, -0.2) is 13.1 Å². The number of amides is 2. The Kier molecular flexibility index (Phi) is 6.70. The van der Waals surface area contributed by atoms with Gasteiger partial charge in [0.15, 0.2) is 0 Å². The van der Waals surface area contributed by atoms with Crippen LogP contribution < -0.4 is 14.8 Å². The number of ether oxygens (including phenoxy) is 1. The lowest BCUT2D eigenvalue weighted by molar-refractivity contribution is -0.128. The number of rotatable bonds is 8. The molecule has 0 radical (unpaired) electrons. The molecule has 0 aliphatic heterocycles. The Bertz CT molecular complexity index is 1180. The number of hydrogen-bond acceptors (Lipinski definition) is 5. The van der Waals surface area contributed by atoms with Crippen LogP contribution in [0.15, 0.2) is 66.1 Å². The monoisotopic (exact) mass is 470 g/mol. The molecule has 0 bridgehead atoms. The molecule has 1 fully saturated rings. The fourth-order valence-corrected chi connectivity index (χ4v) is 5.25. The molecule has 1 aliphatic rings. The zero-order chi connectivity index (χ0) is 24.4. The molecule has 7 nitrogen and oxygen atoms in total. The highest BCUT2D eigenvalue weighted by molar-refractivity contribution is 7.90. The molecule has 2 aromatic carbocycles. The van der Waals surface area contributed by atoms with Crippen molar-refractivity contribution in [3.8, 4) is 5.75 Å². The van der Waals surface area contributed by atoms with Gasteiger partial charge in [-0.3, -0.25) is 9.59 Å². The van der Waals surface area contributed by atoms with Gasteiger partial charge in [0, 0.05) is 18.7 Å². The van der Waals surface area contributed by atoms with E-state index in [9.17, 15) is 18.0 Å². The molecule has 8 heteroatoms. The van der Waals surface area contributed by atoms with E-state index in [0.29, 0.717) is 23.4 Å². The van der Waals surface area contributed by atoms with Gasteiger partial charge in [-0.05, 0) is 47.6 Å². The zero-order valence-corrected chi connectivity index (χ0v) is 20.2. The average molecular weight is 471 g/mol. The maximum absolute atomic E-state index is 13.0. The lowest BCUT2D eigenvalue weighted by Crippen LogP contribution is -2.43. The fraction of sp³-hybridized carbons (Fsp3) is 0.360. The molecular formula is C25H30N2O5S. The third-order valence-corrected chi connectivity index (χ3v) is 7.37. The first-order valence-corrected chi connectivity index (χ1v) is 12.2. The Hall–Kier alpha value is -3.13. The van der Waals surface area contributed by atoms with Crippen molar-refractivity contribution < 1.29 is 22.7 Å². The van der Waals surface area contributed by atoms with Gasteiger partial charge in [-0.15, -0.1) is 6.58 Å². The van der Waals surface area contributed by atoms with Crippen LogP contribution in [0.3, 0.4) is 0 Å². The van der Waals surface area contributed by atoms with Crippen molar-refractivity contribution in [3.05, 3.63) is 66.7 Å². The molecule has 0 heterocycles. The standard InChI is InChI=1S/C25H30N2O5S/c1-6-19-15-25(19,24(3,4)5)23(29)27-33(30,31)22-12-7-9-18(13-22)16-32-21-11-8-10-20(14-21)26-17(2)28/h6-14,19H,1,15-16H2,2-5H3,(H,26,28)(H,27,29)/t19-,25-/m1/s1. The highest BCUT2D eigenvalue weighted by Crippen LogP contribution is 2.64. The first-order valence-electron chi connectivity index (χ1n) is 10.7. The minimum Gasteiger partial charge on any atom is -0.489 e. The van der Waals surface area contributed by atoms with E-state index in [0.717, 1.165) is 0 Å². The molecule has 2 aromatic rings. The van der Waals surface area contributed by atoms with Gasteiger partial charge in [-0.2, -0.15) is 0 Å². The van der Waals surface area contributed by atoms with Crippen LogP contribution in [0.4, 0.5) is 5.69 Å². The number of nitrogens with one attached hydrogen (secondary N) is 2. The van der Waals surface area contributed by atoms with E-state index >= 15 is 0 Å². The first-order chi connectivity index (χ1) is 15.4. The van der Waals surface area contributed by atoms with E-state index in [2.05, 4.69) is 16.6 Å². The van der Waals surface area contributed by atoms with Crippen molar-refractivity contribution in [2.75, 3.05) is 5.32 Å². The number of allylic oxidation sites excluding steroid dienone is 1. The second kappa shape index (κ2) is 9.02. The van der Waals surface area contributed by atoms with Crippen LogP contribution in [0.25, 0.3) is 0 Å². The predicted octanol–water partition coefficient (Wildman–Crippen LogP) is 4.27. The van der Waals surface area contributed by atoms with Crippen molar-refractivity contribution in [2.24, 2.45) is 16.7 Å². The minimum absolute atomic E-state index is 0.0104. The predicted molar refractivity (Wildman–Crippen MR) is 127 cm³/mol. The van der Waals surface area contributed by atoms with Gasteiger partial charge in [0.1, 0.15) is 12.4 Å². The van der Waals surface area contributed by atoms with Crippen LogP contribution in [-0.4, -0.2) is 20.2 Å². The second-order valence-corrected chi connectivity index (χ2v) is 11.0. The summed E-state index contributed by atoms with van der Waals surface area (Å²) < 4.78 is 34.0. The van der Waals surface area contributed by atoms with E-state index in [-0.39, 0.29) is 23.3 Å². The fourth-order valence-electron chi connectivity index (χ4n) is 4.14. The summed E-state index contributed by atoms with van der Waals surface area (Å²) in [6.45, 7) is 11.1. The van der Waals surface area contributed by atoms with Crippen LogP contribution in [0.2, 0.25) is 0 Å². The van der Waals surface area contributed by atoms with E-state index in [1.54, 1.807) is 42.5 Å². The van der Waals surface area contributed by atoms with Crippen LogP contribution in [0, 0.1) is 16.7 Å². The molecule has 33 heavy (non-hydrogen) atoms. The third kappa shape index (κ3) is 5.27. The quantitative estimate of drug-likeness (QED) is 0.561. The maximum Gasteiger partial charge on any atom is 0.264 e. The largest absolute Gasteiger partial charge is 0.489 e. The molecule has 0 saturated heterocycles. The minimum atomic E-state index is -4.06. The summed E-state index contributed by atoms with van der Waals surface area (Å²) in [5.41, 5.74) is 0.0231. The van der Waals surface area contributed by atoms with Crippen LogP contribution in [-0.2, 0) is 26.2 Å². The van der Waals surface area contributed by atoms with E-state index in [4.69, 9.17) is 4.74 Å². The van der Waals surface area contributed by atoms with Crippen molar-refractivity contribution in [1.82, 2.24) is 4.72 Å². The molecule has 2 atom stereocenters. The normalized spacial score (nSPS) is 19.9. The molecule has 0 aromatic heterocycles. The molecule has 1 saturated carbocycles. The van der Waals surface area contributed by atoms with Gasteiger partial charge in [0.05, 0.1) is 10.3 Å². The summed E-state index contributed by atoms with van der Waals surface area (Å²) in [6.07, 6.45) is 2.29. The van der Waals surface area contributed by atoms with Crippen molar-refractivity contribution in [3.63, 3.8) is 0 Å². The van der Waals surface area contributed by atoms with Gasteiger partial charge in [0.25, 0.3) is 10.0 Å². The molecule has 1 aliphatic carbocycles. The average Bonchev–Trinajstić information content (AvgIpc) is 3.49. The number of carbonyl (C=O) groups is 2. The number of carbonyl (C=O) groups excluding carboxylic acids is 2. The van der Waals surface area contributed by atoms with Gasteiger partial charge in [0.2, 0.25) is 11.8 Å². The van der Waals surface area contributed by atoms with Gasteiger partial charge < -0.3 is 10.1 Å². The molecule has 0 spiro atoms. The topological polar surface area (TPSA) is 102 Å². The molecular weight excluding hydrogens is 440 g/mol. The number of benzene rings is 2. The Labute approximate surface area is 195 Å². The molecule has 176 valence electrons. The second-order valence-electron chi connectivity index (χ2n) is 9.35. The SMILES string of the molecule is C=C[C@@H]1C[C@@]1(C(=O)NS(=O)(=O)c1cccc(COc2cccc(NC(C)=O)c2)c1)C(C)(C)C. The maximum atomic E-state index is 13.0. The molecule has 0 unspecified atom stereocenters. The van der Waals surface area contributed by atoms with Gasteiger partial charge in [-0.1, -0.05) is 45.0 Å². The number of sulfonamides is 1. The van der Waals surface area contributed by atoms with E-state index in [1.807, 2.05) is 20.8 Å². The Morgan fingerprint density at radius 3 is 2.48 bits per heavy atom. The van der Waals surface area contributed by atoms with Crippen LogP contribution in [0.5, 0.6) is 5.75 Å². The van der Waals surface area contributed by atoms with Crippen molar-refractivity contribution in [2.45, 2.75) is 45.6 Å². The van der Waals surface area contributed by atoms with Crippen molar-refractivity contribution >= 4 is 27.5 Å². The van der Waals surface area contributed by atoms with Crippen LogP contribution in [0.1, 0.15) is 39.7 Å². The summed E-state index contributed by atoms with van der Waals surface area (Å²) in [6, 6.07) is 13.2. The number of hydrogen-bond donors (Lipinski definition) is 2. The molecule has 2 amide bonds. The number of anilines is 1. The smallest absolute Gasteiger partial charge is 0.264 e. The summed E-state index contributed by atoms with van der Waals surface area (Å²) in [4.78, 5) is 24.3. The summed E-state index contributed by atoms with van der Waals surface area (Å²) >= 11 is 0. The Balaban J connectivity index is 1.73. The summed E-state index contributed by atoms with van der Waals surface area (Å²) in [7, 11) is -4.06. The first kappa shape index (κ1) is 24.5. The van der Waals surface area contributed by atoms with Crippen LogP contribution >= 0.6 is 0 Å². The Morgan fingerprint density at radius 2 is 1.88 bits per heavy atom. The molecule has 2 N–H and O–H groups in total. The van der Waals surface area contributed by atoms with E-state index < -0.39 is 26.8 Å². The highest BCUT2D eigenvalue weighted by atomic mass is 32.2. The lowest BCUT2D eigenvalue weighted by Gasteiger charge is -2.30. The van der Waals surface area contributed by atoms with Gasteiger partial charge >= 0.3 is 0 Å². The van der Waals surface area contributed by atoms with E-state index in [1.165, 1.54) is 19.1 Å². The lowest BCUT2D eigenvalue weighted by atomic mass is 9.75. The third-order valence-electron chi connectivity index (χ3n) is 6.04.